The van der Waals surface area contributed by atoms with Crippen molar-refractivity contribution in [2.75, 3.05) is 19.5 Å². The average molecular weight is 355 g/mol. The smallest absolute Gasteiger partial charge is 0.257 e. The molecule has 128 valence electrons. The first kappa shape index (κ1) is 16.9. The summed E-state index contributed by atoms with van der Waals surface area (Å²) in [4.78, 5) is 16.7. The zero-order chi connectivity index (χ0) is 17.8. The lowest BCUT2D eigenvalue weighted by Gasteiger charge is -2.07. The lowest BCUT2D eigenvalue weighted by atomic mass is 10.1. The van der Waals surface area contributed by atoms with Gasteiger partial charge in [0.15, 0.2) is 17.3 Å². The fraction of sp³-hybridized carbons (Fsp3) is 0.167. The molecule has 1 heterocycles. The minimum atomic E-state index is -0.210. The molecule has 1 N–H and O–H groups in total. The molecule has 3 rings (SSSR count). The molecule has 25 heavy (non-hydrogen) atoms. The first-order chi connectivity index (χ1) is 12.1. The van der Waals surface area contributed by atoms with Gasteiger partial charge in [-0.25, -0.2) is 0 Å². The van der Waals surface area contributed by atoms with Crippen molar-refractivity contribution in [3.63, 3.8) is 0 Å². The molecule has 0 atom stereocenters. The summed E-state index contributed by atoms with van der Waals surface area (Å²) in [6.07, 6.45) is 0. The van der Waals surface area contributed by atoms with Gasteiger partial charge < -0.3 is 9.47 Å². The highest BCUT2D eigenvalue weighted by Crippen LogP contribution is 2.32. The van der Waals surface area contributed by atoms with Crippen LogP contribution in [0.15, 0.2) is 42.5 Å². The summed E-state index contributed by atoms with van der Waals surface area (Å²) in [6, 6.07) is 12.8. The van der Waals surface area contributed by atoms with Crippen molar-refractivity contribution in [1.82, 2.24) is 9.36 Å². The first-order valence-electron chi connectivity index (χ1n) is 7.55. The number of nitrogens with zero attached hydrogens (tertiary/aromatic N) is 2. The monoisotopic (exact) mass is 355 g/mol. The van der Waals surface area contributed by atoms with E-state index in [9.17, 15) is 4.79 Å². The number of carbonyl (C=O) groups excluding carboxylic acids is 1. The van der Waals surface area contributed by atoms with Crippen LogP contribution in [0.3, 0.4) is 0 Å². The van der Waals surface area contributed by atoms with E-state index in [1.807, 2.05) is 31.2 Å². The molecule has 0 spiro atoms. The molecule has 3 aromatic rings. The molecule has 0 bridgehead atoms. The molecule has 0 fully saturated rings. The number of aryl methyl sites for hydroxylation is 1. The molecular weight excluding hydrogens is 338 g/mol. The number of benzene rings is 2. The molecule has 1 amide bonds. The summed E-state index contributed by atoms with van der Waals surface area (Å²) in [5, 5.41) is 3.22. The summed E-state index contributed by atoms with van der Waals surface area (Å²) in [5.74, 6) is 1.54. The Morgan fingerprint density at radius 2 is 1.88 bits per heavy atom. The Bertz CT molecular complexity index is 908. The van der Waals surface area contributed by atoms with Crippen LogP contribution in [0.25, 0.3) is 11.4 Å². The van der Waals surface area contributed by atoms with Crippen molar-refractivity contribution in [1.29, 1.82) is 0 Å². The molecule has 0 radical (unpaired) electrons. The average Bonchev–Trinajstić information content (AvgIpc) is 3.09. The number of nitrogens with one attached hydrogen (secondary N) is 1. The molecule has 1 aromatic heterocycles. The number of aromatic nitrogens is 2. The van der Waals surface area contributed by atoms with Crippen molar-refractivity contribution in [2.45, 2.75) is 6.92 Å². The second kappa shape index (κ2) is 7.31. The van der Waals surface area contributed by atoms with Gasteiger partial charge in [0.25, 0.3) is 5.91 Å². The molecule has 0 aliphatic rings. The Kier molecular flexibility index (Phi) is 4.95. The van der Waals surface area contributed by atoms with E-state index in [1.54, 1.807) is 32.4 Å². The van der Waals surface area contributed by atoms with Crippen LogP contribution in [-0.2, 0) is 0 Å². The van der Waals surface area contributed by atoms with Crippen LogP contribution < -0.4 is 14.8 Å². The second-order valence-electron chi connectivity index (χ2n) is 5.32. The number of ether oxygens (including phenoxy) is 2. The first-order valence-corrected chi connectivity index (χ1v) is 8.32. The normalized spacial score (nSPS) is 10.4. The SMILES string of the molecule is COc1ccc(-c2nsc(NC(=O)c3cccc(C)c3)n2)cc1OC. The minimum Gasteiger partial charge on any atom is -0.493 e. The van der Waals surface area contributed by atoms with E-state index in [1.165, 1.54) is 0 Å². The van der Waals surface area contributed by atoms with Gasteiger partial charge in [0, 0.05) is 22.7 Å². The van der Waals surface area contributed by atoms with E-state index in [4.69, 9.17) is 9.47 Å². The van der Waals surface area contributed by atoms with Crippen molar-refractivity contribution in [3.8, 4) is 22.9 Å². The summed E-state index contributed by atoms with van der Waals surface area (Å²) in [6.45, 7) is 1.94. The zero-order valence-electron chi connectivity index (χ0n) is 14.1. The van der Waals surface area contributed by atoms with Gasteiger partial charge in [-0.2, -0.15) is 9.36 Å². The molecule has 0 aliphatic carbocycles. The highest BCUT2D eigenvalue weighted by Gasteiger charge is 2.13. The van der Waals surface area contributed by atoms with E-state index < -0.39 is 0 Å². The Morgan fingerprint density at radius 1 is 1.08 bits per heavy atom. The van der Waals surface area contributed by atoms with Crippen molar-refractivity contribution >= 4 is 22.6 Å². The van der Waals surface area contributed by atoms with Crippen LogP contribution in [0, 0.1) is 6.92 Å². The lowest BCUT2D eigenvalue weighted by Crippen LogP contribution is -2.11. The van der Waals surface area contributed by atoms with Gasteiger partial charge in [-0.3, -0.25) is 10.1 Å². The summed E-state index contributed by atoms with van der Waals surface area (Å²) >= 11 is 1.13. The Labute approximate surface area is 149 Å². The van der Waals surface area contributed by atoms with Gasteiger partial charge in [-0.05, 0) is 37.3 Å². The van der Waals surface area contributed by atoms with Crippen LogP contribution in [0.5, 0.6) is 11.5 Å². The maximum atomic E-state index is 12.3. The molecular formula is C18H17N3O3S. The second-order valence-corrected chi connectivity index (χ2v) is 6.07. The number of hydrogen-bond donors (Lipinski definition) is 1. The van der Waals surface area contributed by atoms with E-state index in [0.29, 0.717) is 28.0 Å². The van der Waals surface area contributed by atoms with E-state index in [0.717, 1.165) is 22.7 Å². The predicted molar refractivity (Wildman–Crippen MR) is 97.6 cm³/mol. The molecule has 0 aliphatic heterocycles. The van der Waals surface area contributed by atoms with Crippen molar-refractivity contribution in [2.24, 2.45) is 0 Å². The highest BCUT2D eigenvalue weighted by molar-refractivity contribution is 7.10. The highest BCUT2D eigenvalue weighted by atomic mass is 32.1. The molecule has 0 saturated carbocycles. The standard InChI is InChI=1S/C18H17N3O3S/c1-11-5-4-6-13(9-11)17(22)20-18-19-16(21-25-18)12-7-8-14(23-2)15(10-12)24-3/h4-10H,1-3H3,(H,19,20,21,22). The number of anilines is 1. The fourth-order valence-electron chi connectivity index (χ4n) is 2.32. The van der Waals surface area contributed by atoms with Gasteiger partial charge in [0.05, 0.1) is 14.2 Å². The third kappa shape index (κ3) is 3.77. The van der Waals surface area contributed by atoms with Crippen LogP contribution in [0.1, 0.15) is 15.9 Å². The molecule has 0 saturated heterocycles. The van der Waals surface area contributed by atoms with Crippen LogP contribution >= 0.6 is 11.5 Å². The lowest BCUT2D eigenvalue weighted by molar-refractivity contribution is 0.102. The third-order valence-corrected chi connectivity index (χ3v) is 4.20. The van der Waals surface area contributed by atoms with Gasteiger partial charge in [-0.15, -0.1) is 0 Å². The van der Waals surface area contributed by atoms with E-state index in [2.05, 4.69) is 14.7 Å². The Balaban J connectivity index is 1.79. The Morgan fingerprint density at radius 3 is 2.60 bits per heavy atom. The maximum Gasteiger partial charge on any atom is 0.257 e. The molecule has 6 nitrogen and oxygen atoms in total. The van der Waals surface area contributed by atoms with E-state index in [-0.39, 0.29) is 5.91 Å². The number of hydrogen-bond acceptors (Lipinski definition) is 6. The van der Waals surface area contributed by atoms with Crippen LogP contribution in [0.2, 0.25) is 0 Å². The van der Waals surface area contributed by atoms with Gasteiger partial charge in [0.2, 0.25) is 5.13 Å². The summed E-state index contributed by atoms with van der Waals surface area (Å²) in [5.41, 5.74) is 2.39. The number of methoxy groups -OCH3 is 2. The van der Waals surface area contributed by atoms with Crippen molar-refractivity contribution in [3.05, 3.63) is 53.6 Å². The largest absolute Gasteiger partial charge is 0.493 e. The van der Waals surface area contributed by atoms with Gasteiger partial charge >= 0.3 is 0 Å². The zero-order valence-corrected chi connectivity index (χ0v) is 14.9. The molecule has 2 aromatic carbocycles. The topological polar surface area (TPSA) is 73.3 Å². The number of rotatable bonds is 5. The quantitative estimate of drug-likeness (QED) is 0.754. The van der Waals surface area contributed by atoms with Crippen molar-refractivity contribution < 1.29 is 14.3 Å². The summed E-state index contributed by atoms with van der Waals surface area (Å²) in [7, 11) is 3.15. The van der Waals surface area contributed by atoms with Gasteiger partial charge in [0.1, 0.15) is 0 Å². The predicted octanol–water partition coefficient (Wildman–Crippen LogP) is 3.78. The Hall–Kier alpha value is -2.93. The summed E-state index contributed by atoms with van der Waals surface area (Å²) < 4.78 is 14.8. The van der Waals surface area contributed by atoms with Crippen LogP contribution in [0.4, 0.5) is 5.13 Å². The van der Waals surface area contributed by atoms with E-state index >= 15 is 0 Å². The number of carbonyl (C=O) groups is 1. The fourth-order valence-corrected chi connectivity index (χ4v) is 2.91. The van der Waals surface area contributed by atoms with Crippen LogP contribution in [-0.4, -0.2) is 29.5 Å². The molecule has 0 unspecified atom stereocenters. The number of amides is 1. The maximum absolute atomic E-state index is 12.3. The third-order valence-electron chi connectivity index (χ3n) is 3.57. The minimum absolute atomic E-state index is 0.210. The van der Waals surface area contributed by atoms with Gasteiger partial charge in [-0.1, -0.05) is 17.7 Å². The molecule has 7 heteroatoms.